The van der Waals surface area contributed by atoms with Crippen LogP contribution in [0, 0.1) is 13.8 Å². The van der Waals surface area contributed by atoms with E-state index in [0.29, 0.717) is 16.4 Å². The minimum atomic E-state index is -4.09. The van der Waals surface area contributed by atoms with Gasteiger partial charge in [-0.3, -0.25) is 13.8 Å². The number of amides is 1. The Morgan fingerprint density at radius 2 is 1.38 bits per heavy atom. The van der Waals surface area contributed by atoms with Crippen LogP contribution in [-0.2, 0) is 24.8 Å². The van der Waals surface area contributed by atoms with Crippen LogP contribution in [0.15, 0.2) is 107 Å². The maximum Gasteiger partial charge on any atom is 0.264 e. The summed E-state index contributed by atoms with van der Waals surface area (Å²) in [5, 5.41) is 2.95. The average Bonchev–Trinajstić information content (AvgIpc) is 2.90. The normalized spacial score (nSPS) is 11.6. The van der Waals surface area contributed by atoms with Crippen LogP contribution in [-0.4, -0.2) is 29.3 Å². The molecule has 0 unspecified atom stereocenters. The lowest BCUT2D eigenvalue weighted by Crippen LogP contribution is -2.38. The molecule has 0 fully saturated rings. The van der Waals surface area contributed by atoms with Crippen molar-refractivity contribution in [1.29, 1.82) is 0 Å². The number of carbonyl (C=O) groups is 1. The van der Waals surface area contributed by atoms with Crippen LogP contribution < -0.4 is 14.3 Å². The van der Waals surface area contributed by atoms with E-state index in [0.717, 1.165) is 15.4 Å². The molecule has 1 amide bonds. The smallest absolute Gasteiger partial charge is 0.264 e. The van der Waals surface area contributed by atoms with Crippen LogP contribution in [0.3, 0.4) is 0 Å². The van der Waals surface area contributed by atoms with Gasteiger partial charge in [-0.1, -0.05) is 54.1 Å². The number of hydrogen-bond donors (Lipinski definition) is 2. The highest BCUT2D eigenvalue weighted by Crippen LogP contribution is 2.27. The number of carbonyl (C=O) groups excluding carboxylic acids is 1. The number of hydrogen-bond acceptors (Lipinski definition) is 5. The second kappa shape index (κ2) is 11.5. The van der Waals surface area contributed by atoms with Gasteiger partial charge in [-0.05, 0) is 79.6 Å². The molecular formula is C28H26ClN3O5S2. The number of para-hydroxylation sites is 1. The SMILES string of the molecule is Cc1cccc(C)c1NS(=O)(=O)c1ccc(NC(=O)CN(c2cccc(Cl)c2)S(=O)(=O)c2ccccc2)cc1. The van der Waals surface area contributed by atoms with Gasteiger partial charge in [0.25, 0.3) is 20.0 Å². The van der Waals surface area contributed by atoms with Crippen LogP contribution in [0.2, 0.25) is 5.02 Å². The fourth-order valence-electron chi connectivity index (χ4n) is 3.88. The Morgan fingerprint density at radius 3 is 2.00 bits per heavy atom. The van der Waals surface area contributed by atoms with Gasteiger partial charge in [0.05, 0.1) is 21.2 Å². The predicted molar refractivity (Wildman–Crippen MR) is 154 cm³/mol. The largest absolute Gasteiger partial charge is 0.325 e. The Bertz CT molecular complexity index is 1690. The lowest BCUT2D eigenvalue weighted by Gasteiger charge is -2.24. The highest BCUT2D eigenvalue weighted by atomic mass is 35.5. The molecule has 39 heavy (non-hydrogen) atoms. The summed E-state index contributed by atoms with van der Waals surface area (Å²) in [5.41, 5.74) is 2.61. The van der Waals surface area contributed by atoms with Crippen LogP contribution in [0.5, 0.6) is 0 Å². The fraction of sp³-hybridized carbons (Fsp3) is 0.107. The van der Waals surface area contributed by atoms with E-state index in [9.17, 15) is 21.6 Å². The summed E-state index contributed by atoms with van der Waals surface area (Å²) in [6, 6.07) is 25.0. The number of benzene rings is 4. The summed E-state index contributed by atoms with van der Waals surface area (Å²) in [6.45, 7) is 3.09. The van der Waals surface area contributed by atoms with Gasteiger partial charge in [-0.2, -0.15) is 0 Å². The lowest BCUT2D eigenvalue weighted by atomic mass is 10.1. The van der Waals surface area contributed by atoms with E-state index in [4.69, 9.17) is 11.6 Å². The molecule has 0 spiro atoms. The molecule has 0 bridgehead atoms. The molecule has 0 aliphatic rings. The summed E-state index contributed by atoms with van der Waals surface area (Å²) in [4.78, 5) is 13.0. The third-order valence-electron chi connectivity index (χ3n) is 5.88. The Labute approximate surface area is 233 Å². The number of aryl methyl sites for hydroxylation is 2. The van der Waals surface area contributed by atoms with Crippen molar-refractivity contribution in [2.45, 2.75) is 23.6 Å². The van der Waals surface area contributed by atoms with Crippen molar-refractivity contribution in [2.75, 3.05) is 20.9 Å². The molecule has 2 N–H and O–H groups in total. The van der Waals surface area contributed by atoms with E-state index in [1.165, 1.54) is 42.5 Å². The van der Waals surface area contributed by atoms with Gasteiger partial charge in [-0.15, -0.1) is 0 Å². The van der Waals surface area contributed by atoms with Gasteiger partial charge >= 0.3 is 0 Å². The zero-order chi connectivity index (χ0) is 28.2. The number of nitrogens with zero attached hydrogens (tertiary/aromatic N) is 1. The summed E-state index contributed by atoms with van der Waals surface area (Å²) in [7, 11) is -7.97. The first-order valence-electron chi connectivity index (χ1n) is 11.8. The minimum absolute atomic E-state index is 0.00959. The maximum absolute atomic E-state index is 13.4. The van der Waals surface area contributed by atoms with Crippen molar-refractivity contribution < 1.29 is 21.6 Å². The fourth-order valence-corrected chi connectivity index (χ4v) is 6.70. The number of rotatable bonds is 9. The van der Waals surface area contributed by atoms with Gasteiger partial charge in [0, 0.05) is 10.7 Å². The molecule has 0 heterocycles. The van der Waals surface area contributed by atoms with Crippen molar-refractivity contribution in [3.05, 3.63) is 113 Å². The summed E-state index contributed by atoms with van der Waals surface area (Å²) < 4.78 is 56.3. The highest BCUT2D eigenvalue weighted by Gasteiger charge is 2.27. The van der Waals surface area contributed by atoms with Gasteiger partial charge in [0.15, 0.2) is 0 Å². The summed E-state index contributed by atoms with van der Waals surface area (Å²) in [6.07, 6.45) is 0. The molecule has 202 valence electrons. The van der Waals surface area contributed by atoms with Crippen molar-refractivity contribution in [3.63, 3.8) is 0 Å². The number of nitrogens with one attached hydrogen (secondary N) is 2. The number of anilines is 3. The third-order valence-corrected chi connectivity index (χ3v) is 9.27. The van der Waals surface area contributed by atoms with E-state index < -0.39 is 32.5 Å². The molecule has 0 aliphatic carbocycles. The van der Waals surface area contributed by atoms with Gasteiger partial charge in [0.1, 0.15) is 6.54 Å². The summed E-state index contributed by atoms with van der Waals surface area (Å²) >= 11 is 6.09. The van der Waals surface area contributed by atoms with E-state index in [2.05, 4.69) is 10.0 Å². The first-order chi connectivity index (χ1) is 18.5. The van der Waals surface area contributed by atoms with E-state index >= 15 is 0 Å². The third kappa shape index (κ3) is 6.59. The predicted octanol–water partition coefficient (Wildman–Crippen LogP) is 5.59. The molecule has 0 radical (unpaired) electrons. The molecule has 0 aromatic heterocycles. The number of sulfonamides is 2. The van der Waals surface area contributed by atoms with Gasteiger partial charge < -0.3 is 5.32 Å². The van der Waals surface area contributed by atoms with Crippen LogP contribution in [0.1, 0.15) is 11.1 Å². The molecule has 0 saturated carbocycles. The molecule has 8 nitrogen and oxygen atoms in total. The van der Waals surface area contributed by atoms with Crippen LogP contribution in [0.25, 0.3) is 0 Å². The van der Waals surface area contributed by atoms with Gasteiger partial charge in [-0.25, -0.2) is 16.8 Å². The molecule has 4 aromatic carbocycles. The Morgan fingerprint density at radius 1 is 0.769 bits per heavy atom. The average molecular weight is 584 g/mol. The van der Waals surface area contributed by atoms with Crippen molar-refractivity contribution in [1.82, 2.24) is 0 Å². The van der Waals surface area contributed by atoms with E-state index in [1.807, 2.05) is 32.0 Å². The van der Waals surface area contributed by atoms with Crippen molar-refractivity contribution >= 4 is 54.6 Å². The monoisotopic (exact) mass is 583 g/mol. The Balaban J connectivity index is 1.54. The molecule has 4 aromatic rings. The van der Waals surface area contributed by atoms with Crippen molar-refractivity contribution in [3.8, 4) is 0 Å². The number of halogens is 1. The zero-order valence-corrected chi connectivity index (χ0v) is 23.5. The second-order valence-electron chi connectivity index (χ2n) is 8.75. The lowest BCUT2D eigenvalue weighted by molar-refractivity contribution is -0.114. The van der Waals surface area contributed by atoms with Crippen LogP contribution >= 0.6 is 11.6 Å². The first kappa shape index (κ1) is 28.2. The Hall–Kier alpha value is -3.86. The molecule has 0 atom stereocenters. The first-order valence-corrected chi connectivity index (χ1v) is 15.1. The minimum Gasteiger partial charge on any atom is -0.325 e. The second-order valence-corrected chi connectivity index (χ2v) is 12.7. The topological polar surface area (TPSA) is 113 Å². The van der Waals surface area contributed by atoms with Gasteiger partial charge in [0.2, 0.25) is 5.91 Å². The highest BCUT2D eigenvalue weighted by molar-refractivity contribution is 7.93. The zero-order valence-electron chi connectivity index (χ0n) is 21.1. The van der Waals surface area contributed by atoms with E-state index in [-0.39, 0.29) is 15.5 Å². The van der Waals surface area contributed by atoms with Crippen LogP contribution in [0.4, 0.5) is 17.1 Å². The van der Waals surface area contributed by atoms with E-state index in [1.54, 1.807) is 36.4 Å². The summed E-state index contributed by atoms with van der Waals surface area (Å²) in [5.74, 6) is -0.626. The molecule has 11 heteroatoms. The van der Waals surface area contributed by atoms with Crippen molar-refractivity contribution in [2.24, 2.45) is 0 Å². The molecular weight excluding hydrogens is 558 g/mol. The standard InChI is InChI=1S/C28H26ClN3O5S2/c1-20-8-6-9-21(2)28(20)31-38(34,35)25-16-14-23(15-17-25)30-27(33)19-32(24-11-7-10-22(29)18-24)39(36,37)26-12-4-3-5-13-26/h3-18,31H,19H2,1-2H3,(H,30,33). The maximum atomic E-state index is 13.4. The molecule has 0 saturated heterocycles. The molecule has 0 aliphatic heterocycles. The quantitative estimate of drug-likeness (QED) is 0.267. The molecule has 4 rings (SSSR count). The Kier molecular flexibility index (Phi) is 8.29.